The molecule has 0 unspecified atom stereocenters. The smallest absolute Gasteiger partial charge is 0.433 e. The fourth-order valence-corrected chi connectivity index (χ4v) is 2.76. The van der Waals surface area contributed by atoms with Crippen LogP contribution in [-0.4, -0.2) is 21.2 Å². The number of rotatable bonds is 3. The molecule has 116 valence electrons. The number of phenolic OH excluding ortho intramolecular Hbond substituents is 1. The van der Waals surface area contributed by atoms with Crippen molar-refractivity contribution in [2.24, 2.45) is 0 Å². The predicted molar refractivity (Wildman–Crippen MR) is 81.9 cm³/mol. The van der Waals surface area contributed by atoms with Gasteiger partial charge in [0.2, 0.25) is 0 Å². The number of phenols is 1. The third kappa shape index (κ3) is 2.81. The highest BCUT2D eigenvalue weighted by Crippen LogP contribution is 2.36. The topological polar surface area (TPSA) is 114 Å². The number of amides is 2. The summed E-state index contributed by atoms with van der Waals surface area (Å²) in [6.45, 7) is 0. The first-order chi connectivity index (χ1) is 11.0. The van der Waals surface area contributed by atoms with Gasteiger partial charge >= 0.3 is 5.88 Å². The number of nitro groups is 1. The second-order valence-corrected chi connectivity index (χ2v) is 5.46. The summed E-state index contributed by atoms with van der Waals surface area (Å²) in [6.07, 6.45) is 1.28. The summed E-state index contributed by atoms with van der Waals surface area (Å²) < 4.78 is 4.94. The van der Waals surface area contributed by atoms with Crippen molar-refractivity contribution in [3.05, 3.63) is 57.2 Å². The Hall–Kier alpha value is -3.07. The number of benzene rings is 1. The Bertz CT molecular complexity index is 839. The minimum atomic E-state index is -0.695. The zero-order chi connectivity index (χ0) is 16.6. The van der Waals surface area contributed by atoms with E-state index in [9.17, 15) is 24.8 Å². The SMILES string of the molecule is O=C1S/C(=C\c2ccc([N+](=O)[O-])o2)C(=O)N1c1ccc(O)cc1. The third-order valence-electron chi connectivity index (χ3n) is 2.97. The van der Waals surface area contributed by atoms with Gasteiger partial charge in [-0.1, -0.05) is 0 Å². The van der Waals surface area contributed by atoms with Crippen molar-refractivity contribution in [1.29, 1.82) is 0 Å². The summed E-state index contributed by atoms with van der Waals surface area (Å²) >= 11 is 0.700. The average Bonchev–Trinajstić information content (AvgIpc) is 3.07. The minimum absolute atomic E-state index is 0.0131. The fourth-order valence-electron chi connectivity index (χ4n) is 1.94. The molecule has 1 aromatic heterocycles. The van der Waals surface area contributed by atoms with Gasteiger partial charge in [0.25, 0.3) is 11.1 Å². The number of anilines is 1. The number of imide groups is 1. The standard InChI is InChI=1S/C14H8N2O6S/c17-9-3-1-8(2-4-9)15-13(18)11(23-14(15)19)7-10-5-6-12(22-10)16(20)21/h1-7,17H/b11-7-. The molecule has 1 fully saturated rings. The summed E-state index contributed by atoms with van der Waals surface area (Å²) in [7, 11) is 0. The highest BCUT2D eigenvalue weighted by molar-refractivity contribution is 8.19. The first kappa shape index (κ1) is 14.9. The second-order valence-electron chi connectivity index (χ2n) is 4.47. The predicted octanol–water partition coefficient (Wildman–Crippen LogP) is 3.13. The number of hydrogen-bond donors (Lipinski definition) is 1. The first-order valence-corrected chi connectivity index (χ1v) is 7.08. The number of nitrogens with zero attached hydrogens (tertiary/aromatic N) is 2. The molecule has 0 radical (unpaired) electrons. The average molecular weight is 332 g/mol. The van der Waals surface area contributed by atoms with Gasteiger partial charge < -0.3 is 9.52 Å². The zero-order valence-corrected chi connectivity index (χ0v) is 12.1. The number of aromatic hydroxyl groups is 1. The number of thioether (sulfide) groups is 1. The monoisotopic (exact) mass is 332 g/mol. The molecule has 0 saturated carbocycles. The van der Waals surface area contributed by atoms with Gasteiger partial charge in [0.1, 0.15) is 16.4 Å². The van der Waals surface area contributed by atoms with Crippen LogP contribution < -0.4 is 4.90 Å². The summed E-state index contributed by atoms with van der Waals surface area (Å²) in [6, 6.07) is 8.10. The van der Waals surface area contributed by atoms with Crippen molar-refractivity contribution in [3.8, 4) is 5.75 Å². The van der Waals surface area contributed by atoms with Crippen molar-refractivity contribution in [3.63, 3.8) is 0 Å². The van der Waals surface area contributed by atoms with Gasteiger partial charge in [-0.15, -0.1) is 0 Å². The van der Waals surface area contributed by atoms with E-state index < -0.39 is 22.0 Å². The molecule has 1 N–H and O–H groups in total. The van der Waals surface area contributed by atoms with Crippen LogP contribution in [0.4, 0.5) is 16.4 Å². The van der Waals surface area contributed by atoms with Crippen molar-refractivity contribution in [2.45, 2.75) is 0 Å². The lowest BCUT2D eigenvalue weighted by atomic mass is 10.2. The highest BCUT2D eigenvalue weighted by Gasteiger charge is 2.36. The van der Waals surface area contributed by atoms with Crippen molar-refractivity contribution in [2.75, 3.05) is 4.90 Å². The van der Waals surface area contributed by atoms with Gasteiger partial charge in [-0.3, -0.25) is 19.7 Å². The molecule has 2 aromatic rings. The molecule has 0 atom stereocenters. The number of carbonyl (C=O) groups is 2. The van der Waals surface area contributed by atoms with E-state index in [1.54, 1.807) is 0 Å². The number of carbonyl (C=O) groups excluding carboxylic acids is 2. The van der Waals surface area contributed by atoms with E-state index in [2.05, 4.69) is 0 Å². The van der Waals surface area contributed by atoms with Crippen molar-refractivity contribution >= 4 is 40.6 Å². The van der Waals surface area contributed by atoms with E-state index in [4.69, 9.17) is 4.42 Å². The Balaban J connectivity index is 1.89. The maximum Gasteiger partial charge on any atom is 0.433 e. The molecule has 1 saturated heterocycles. The highest BCUT2D eigenvalue weighted by atomic mass is 32.2. The van der Waals surface area contributed by atoms with Crippen LogP contribution in [0.3, 0.4) is 0 Å². The first-order valence-electron chi connectivity index (χ1n) is 6.27. The largest absolute Gasteiger partial charge is 0.508 e. The van der Waals surface area contributed by atoms with Crippen LogP contribution >= 0.6 is 11.8 Å². The molecule has 0 bridgehead atoms. The molecule has 0 aliphatic carbocycles. The van der Waals surface area contributed by atoms with Crippen LogP contribution in [0, 0.1) is 10.1 Å². The molecule has 0 spiro atoms. The van der Waals surface area contributed by atoms with Crippen molar-refractivity contribution in [1.82, 2.24) is 0 Å². The van der Waals surface area contributed by atoms with Gasteiger partial charge in [-0.25, -0.2) is 4.90 Å². The Morgan fingerprint density at radius 1 is 1.17 bits per heavy atom. The lowest BCUT2D eigenvalue weighted by Gasteiger charge is -2.11. The normalized spacial score (nSPS) is 16.3. The van der Waals surface area contributed by atoms with Crippen LogP contribution in [0.15, 0.2) is 45.7 Å². The van der Waals surface area contributed by atoms with E-state index in [0.717, 1.165) is 11.0 Å². The summed E-state index contributed by atoms with van der Waals surface area (Å²) in [5.41, 5.74) is 0.319. The van der Waals surface area contributed by atoms with Gasteiger partial charge in [0.05, 0.1) is 16.7 Å². The van der Waals surface area contributed by atoms with Gasteiger partial charge in [-0.05, 0) is 42.1 Å². The molecular weight excluding hydrogens is 324 g/mol. The van der Waals surface area contributed by atoms with Gasteiger partial charge in [-0.2, -0.15) is 0 Å². The van der Waals surface area contributed by atoms with Crippen LogP contribution in [0.25, 0.3) is 6.08 Å². The maximum atomic E-state index is 12.3. The second kappa shape index (κ2) is 5.61. The Kier molecular flexibility index (Phi) is 3.62. The number of hydrogen-bond acceptors (Lipinski definition) is 7. The molecular formula is C14H8N2O6S. The summed E-state index contributed by atoms with van der Waals surface area (Å²) in [4.78, 5) is 35.2. The molecule has 2 heterocycles. The molecule has 1 aliphatic rings. The molecule has 3 rings (SSSR count). The zero-order valence-electron chi connectivity index (χ0n) is 11.3. The lowest BCUT2D eigenvalue weighted by molar-refractivity contribution is -0.402. The van der Waals surface area contributed by atoms with E-state index in [-0.39, 0.29) is 16.4 Å². The van der Waals surface area contributed by atoms with Crippen molar-refractivity contribution < 1.29 is 24.0 Å². The van der Waals surface area contributed by atoms with Crippen LogP contribution in [-0.2, 0) is 4.79 Å². The third-order valence-corrected chi connectivity index (χ3v) is 3.84. The summed E-state index contributed by atoms with van der Waals surface area (Å²) in [5.74, 6) is -0.897. The van der Waals surface area contributed by atoms with Gasteiger partial charge in [0.15, 0.2) is 0 Å². The fraction of sp³-hybridized carbons (Fsp3) is 0. The Morgan fingerprint density at radius 3 is 2.48 bits per heavy atom. The van der Waals surface area contributed by atoms with E-state index in [1.165, 1.54) is 36.4 Å². The van der Waals surface area contributed by atoms with E-state index in [1.807, 2.05) is 0 Å². The minimum Gasteiger partial charge on any atom is -0.508 e. The molecule has 23 heavy (non-hydrogen) atoms. The van der Waals surface area contributed by atoms with Crippen LogP contribution in [0.1, 0.15) is 5.76 Å². The van der Waals surface area contributed by atoms with E-state index in [0.29, 0.717) is 17.4 Å². The quantitative estimate of drug-likeness (QED) is 0.521. The molecule has 1 aliphatic heterocycles. The van der Waals surface area contributed by atoms with E-state index >= 15 is 0 Å². The van der Waals surface area contributed by atoms with Crippen LogP contribution in [0.2, 0.25) is 0 Å². The lowest BCUT2D eigenvalue weighted by Crippen LogP contribution is -2.27. The molecule has 2 amide bonds. The molecule has 8 nitrogen and oxygen atoms in total. The summed E-state index contributed by atoms with van der Waals surface area (Å²) in [5, 5.41) is 19.3. The van der Waals surface area contributed by atoms with Crippen LogP contribution in [0.5, 0.6) is 5.75 Å². The molecule has 9 heteroatoms. The maximum absolute atomic E-state index is 12.3. The molecule has 1 aromatic carbocycles. The number of furan rings is 1. The van der Waals surface area contributed by atoms with Gasteiger partial charge in [0, 0.05) is 6.08 Å². The Morgan fingerprint density at radius 2 is 1.87 bits per heavy atom. The Labute approximate surface area is 133 Å².